The van der Waals surface area contributed by atoms with Crippen LogP contribution >= 0.6 is 11.3 Å². The molecule has 1 unspecified atom stereocenters. The molecule has 0 saturated carbocycles. The average Bonchev–Trinajstić information content (AvgIpc) is 2.80. The van der Waals surface area contributed by atoms with Crippen LogP contribution in [0.1, 0.15) is 65.6 Å². The standard InChI is InChI=1S/C16H25NO2S/c1-2-13(9-10-18)17-16(19)15-11-12-7-5-3-4-6-8-14(12)20-15/h11,13,18H,2-10H2,1H3,(H,17,19). The molecule has 0 radical (unpaired) electrons. The summed E-state index contributed by atoms with van der Waals surface area (Å²) in [6.07, 6.45) is 8.85. The van der Waals surface area contributed by atoms with Gasteiger partial charge in [-0.1, -0.05) is 19.8 Å². The Balaban J connectivity index is 2.04. The summed E-state index contributed by atoms with van der Waals surface area (Å²) in [6, 6.07) is 2.17. The first kappa shape index (κ1) is 15.5. The van der Waals surface area contributed by atoms with Crippen LogP contribution in [-0.2, 0) is 12.8 Å². The van der Waals surface area contributed by atoms with Gasteiger partial charge in [0.1, 0.15) is 0 Å². The molecule has 3 nitrogen and oxygen atoms in total. The summed E-state index contributed by atoms with van der Waals surface area (Å²) >= 11 is 1.66. The summed E-state index contributed by atoms with van der Waals surface area (Å²) in [7, 11) is 0. The Morgan fingerprint density at radius 1 is 1.35 bits per heavy atom. The van der Waals surface area contributed by atoms with Gasteiger partial charge < -0.3 is 10.4 Å². The third kappa shape index (κ3) is 4.06. The van der Waals surface area contributed by atoms with Crippen molar-refractivity contribution in [2.45, 2.75) is 64.3 Å². The molecule has 1 aliphatic rings. The second kappa shape index (κ2) is 7.79. The first-order valence-corrected chi connectivity index (χ1v) is 8.59. The Kier molecular flexibility index (Phi) is 6.05. The van der Waals surface area contributed by atoms with Crippen molar-refractivity contribution in [2.24, 2.45) is 0 Å². The van der Waals surface area contributed by atoms with Crippen LogP contribution in [0.5, 0.6) is 0 Å². The Labute approximate surface area is 125 Å². The van der Waals surface area contributed by atoms with Gasteiger partial charge in [-0.2, -0.15) is 0 Å². The summed E-state index contributed by atoms with van der Waals surface area (Å²) in [5, 5.41) is 12.0. The fourth-order valence-electron chi connectivity index (χ4n) is 2.75. The Morgan fingerprint density at radius 3 is 2.80 bits per heavy atom. The first-order chi connectivity index (χ1) is 9.74. The maximum Gasteiger partial charge on any atom is 0.261 e. The van der Waals surface area contributed by atoms with Gasteiger partial charge in [-0.15, -0.1) is 11.3 Å². The highest BCUT2D eigenvalue weighted by atomic mass is 32.1. The molecule has 0 aromatic carbocycles. The Hall–Kier alpha value is -0.870. The summed E-state index contributed by atoms with van der Waals surface area (Å²) in [6.45, 7) is 2.16. The summed E-state index contributed by atoms with van der Waals surface area (Å²) in [5.74, 6) is 0.0297. The van der Waals surface area contributed by atoms with E-state index in [0.29, 0.717) is 6.42 Å². The molecule has 1 heterocycles. The van der Waals surface area contributed by atoms with Crippen molar-refractivity contribution in [1.82, 2.24) is 5.32 Å². The second-order valence-corrected chi connectivity index (χ2v) is 6.70. The van der Waals surface area contributed by atoms with Gasteiger partial charge in [-0.3, -0.25) is 4.79 Å². The van der Waals surface area contributed by atoms with Crippen molar-refractivity contribution in [3.05, 3.63) is 21.4 Å². The van der Waals surface area contributed by atoms with Crippen molar-refractivity contribution >= 4 is 17.2 Å². The zero-order valence-electron chi connectivity index (χ0n) is 12.3. The van der Waals surface area contributed by atoms with E-state index in [1.54, 1.807) is 11.3 Å². The summed E-state index contributed by atoms with van der Waals surface area (Å²) in [4.78, 5) is 14.5. The molecule has 1 aromatic heterocycles. The molecular formula is C16H25NO2S. The zero-order chi connectivity index (χ0) is 14.4. The smallest absolute Gasteiger partial charge is 0.261 e. The molecule has 112 valence electrons. The molecular weight excluding hydrogens is 270 g/mol. The topological polar surface area (TPSA) is 49.3 Å². The molecule has 0 bridgehead atoms. The molecule has 1 amide bonds. The molecule has 4 heteroatoms. The van der Waals surface area contributed by atoms with Crippen LogP contribution in [-0.4, -0.2) is 23.7 Å². The van der Waals surface area contributed by atoms with Crippen LogP contribution in [0.15, 0.2) is 6.07 Å². The molecule has 0 spiro atoms. The van der Waals surface area contributed by atoms with Crippen molar-refractivity contribution in [2.75, 3.05) is 6.61 Å². The number of carbonyl (C=O) groups excluding carboxylic acids is 1. The number of aryl methyl sites for hydroxylation is 2. The van der Waals surface area contributed by atoms with Gasteiger partial charge >= 0.3 is 0 Å². The first-order valence-electron chi connectivity index (χ1n) is 7.78. The minimum atomic E-state index is 0.0297. The minimum absolute atomic E-state index is 0.0297. The Bertz CT molecular complexity index is 416. The highest BCUT2D eigenvalue weighted by Gasteiger charge is 2.17. The van der Waals surface area contributed by atoms with Gasteiger partial charge in [0.25, 0.3) is 5.91 Å². The van der Waals surface area contributed by atoms with Crippen molar-refractivity contribution in [3.8, 4) is 0 Å². The van der Waals surface area contributed by atoms with Gasteiger partial charge in [0.05, 0.1) is 4.88 Å². The molecule has 0 aliphatic heterocycles. The van der Waals surface area contributed by atoms with Crippen LogP contribution in [0.2, 0.25) is 0 Å². The van der Waals surface area contributed by atoms with E-state index in [1.165, 1.54) is 36.1 Å². The van der Waals surface area contributed by atoms with Crippen LogP contribution in [0, 0.1) is 0 Å². The highest BCUT2D eigenvalue weighted by Crippen LogP contribution is 2.28. The van der Waals surface area contributed by atoms with E-state index in [0.717, 1.165) is 24.1 Å². The highest BCUT2D eigenvalue weighted by molar-refractivity contribution is 7.14. The number of fused-ring (bicyclic) bond motifs is 1. The molecule has 0 saturated heterocycles. The van der Waals surface area contributed by atoms with Gasteiger partial charge in [-0.25, -0.2) is 0 Å². The quantitative estimate of drug-likeness (QED) is 0.875. The molecule has 1 atom stereocenters. The lowest BCUT2D eigenvalue weighted by Crippen LogP contribution is -2.34. The van der Waals surface area contributed by atoms with E-state index in [4.69, 9.17) is 5.11 Å². The van der Waals surface area contributed by atoms with Crippen LogP contribution < -0.4 is 5.32 Å². The molecule has 0 fully saturated rings. The third-order valence-electron chi connectivity index (χ3n) is 4.03. The largest absolute Gasteiger partial charge is 0.396 e. The van der Waals surface area contributed by atoms with Crippen LogP contribution in [0.25, 0.3) is 0 Å². The number of carbonyl (C=O) groups is 1. The summed E-state index contributed by atoms with van der Waals surface area (Å²) in [5.41, 5.74) is 1.38. The lowest BCUT2D eigenvalue weighted by molar-refractivity contribution is 0.0933. The van der Waals surface area contributed by atoms with E-state index in [2.05, 4.69) is 11.4 Å². The molecule has 2 N–H and O–H groups in total. The molecule has 1 aliphatic carbocycles. The third-order valence-corrected chi connectivity index (χ3v) is 5.26. The summed E-state index contributed by atoms with van der Waals surface area (Å²) < 4.78 is 0. The monoisotopic (exact) mass is 295 g/mol. The van der Waals surface area contributed by atoms with E-state index in [1.807, 2.05) is 6.92 Å². The fraction of sp³-hybridized carbons (Fsp3) is 0.688. The fourth-order valence-corrected chi connectivity index (χ4v) is 3.90. The number of aliphatic hydroxyl groups excluding tert-OH is 1. The number of rotatable bonds is 5. The number of hydrogen-bond donors (Lipinski definition) is 2. The lowest BCUT2D eigenvalue weighted by atomic mass is 10.00. The number of thiophene rings is 1. The SMILES string of the molecule is CCC(CCO)NC(=O)c1cc2c(s1)CCCCCC2. The second-order valence-electron chi connectivity index (χ2n) is 5.56. The van der Waals surface area contributed by atoms with E-state index in [9.17, 15) is 4.79 Å². The average molecular weight is 295 g/mol. The number of amides is 1. The van der Waals surface area contributed by atoms with Crippen molar-refractivity contribution in [1.29, 1.82) is 0 Å². The van der Waals surface area contributed by atoms with E-state index in [-0.39, 0.29) is 18.6 Å². The Morgan fingerprint density at radius 2 is 2.10 bits per heavy atom. The van der Waals surface area contributed by atoms with E-state index >= 15 is 0 Å². The van der Waals surface area contributed by atoms with Gasteiger partial charge in [0.15, 0.2) is 0 Å². The predicted octanol–water partition coefficient (Wildman–Crippen LogP) is 3.30. The van der Waals surface area contributed by atoms with Crippen molar-refractivity contribution < 1.29 is 9.90 Å². The maximum absolute atomic E-state index is 12.3. The van der Waals surface area contributed by atoms with Gasteiger partial charge in [-0.05, 0) is 50.2 Å². The van der Waals surface area contributed by atoms with Gasteiger partial charge in [0.2, 0.25) is 0 Å². The molecule has 2 rings (SSSR count). The minimum Gasteiger partial charge on any atom is -0.396 e. The number of nitrogens with one attached hydrogen (secondary N) is 1. The zero-order valence-corrected chi connectivity index (χ0v) is 13.1. The molecule has 1 aromatic rings. The maximum atomic E-state index is 12.3. The normalized spacial score (nSPS) is 16.9. The van der Waals surface area contributed by atoms with Crippen LogP contribution in [0.4, 0.5) is 0 Å². The lowest BCUT2D eigenvalue weighted by Gasteiger charge is -2.14. The van der Waals surface area contributed by atoms with Gasteiger partial charge in [0, 0.05) is 17.5 Å². The number of aliphatic hydroxyl groups is 1. The van der Waals surface area contributed by atoms with Crippen LogP contribution in [0.3, 0.4) is 0 Å². The number of hydrogen-bond acceptors (Lipinski definition) is 3. The molecule has 20 heavy (non-hydrogen) atoms. The van der Waals surface area contributed by atoms with Crippen molar-refractivity contribution in [3.63, 3.8) is 0 Å². The van der Waals surface area contributed by atoms with E-state index < -0.39 is 0 Å². The predicted molar refractivity (Wildman–Crippen MR) is 83.4 cm³/mol.